The number of fused-ring (bicyclic) bond motifs is 2. The summed E-state index contributed by atoms with van der Waals surface area (Å²) in [5.41, 5.74) is 4.96. The van der Waals surface area contributed by atoms with Crippen molar-refractivity contribution in [3.05, 3.63) is 103 Å². The molecule has 0 saturated heterocycles. The maximum absolute atomic E-state index is 10.2. The van der Waals surface area contributed by atoms with Crippen molar-refractivity contribution in [3.8, 4) is 22.3 Å². The van der Waals surface area contributed by atoms with Crippen LogP contribution in [0.4, 0.5) is 0 Å². The summed E-state index contributed by atoms with van der Waals surface area (Å²) in [5, 5.41) is 24.2. The molecule has 0 unspecified atom stereocenters. The van der Waals surface area contributed by atoms with E-state index in [0.717, 1.165) is 43.8 Å². The molecule has 0 heterocycles. The Balaban J connectivity index is 1.76. The van der Waals surface area contributed by atoms with Crippen LogP contribution in [0.15, 0.2) is 103 Å². The molecule has 0 amide bonds. The van der Waals surface area contributed by atoms with Gasteiger partial charge in [0.15, 0.2) is 0 Å². The van der Waals surface area contributed by atoms with Crippen LogP contribution in [0.5, 0.6) is 0 Å². The third-order valence-corrected chi connectivity index (χ3v) is 5.47. The number of benzene rings is 5. The van der Waals surface area contributed by atoms with Crippen LogP contribution in [-0.2, 0) is 0 Å². The lowest BCUT2D eigenvalue weighted by molar-refractivity contribution is 0.426. The van der Waals surface area contributed by atoms with E-state index in [4.69, 9.17) is 0 Å². The van der Waals surface area contributed by atoms with Gasteiger partial charge in [0.1, 0.15) is 0 Å². The van der Waals surface area contributed by atoms with E-state index in [2.05, 4.69) is 48.5 Å². The molecule has 0 saturated carbocycles. The minimum Gasteiger partial charge on any atom is -0.423 e. The van der Waals surface area contributed by atoms with E-state index in [9.17, 15) is 10.0 Å². The molecule has 5 aromatic rings. The molecule has 0 aromatic heterocycles. The lowest BCUT2D eigenvalue weighted by Crippen LogP contribution is -2.31. The summed E-state index contributed by atoms with van der Waals surface area (Å²) >= 11 is 0. The van der Waals surface area contributed by atoms with Gasteiger partial charge in [-0.2, -0.15) is 0 Å². The maximum atomic E-state index is 10.2. The predicted molar refractivity (Wildman–Crippen MR) is 122 cm³/mol. The van der Waals surface area contributed by atoms with Crippen molar-refractivity contribution in [2.45, 2.75) is 0 Å². The first-order valence-corrected chi connectivity index (χ1v) is 9.68. The first kappa shape index (κ1) is 17.7. The van der Waals surface area contributed by atoms with Crippen LogP contribution < -0.4 is 5.46 Å². The van der Waals surface area contributed by atoms with Gasteiger partial charge in [0.05, 0.1) is 0 Å². The Morgan fingerprint density at radius 2 is 1.03 bits per heavy atom. The van der Waals surface area contributed by atoms with Gasteiger partial charge < -0.3 is 10.0 Å². The van der Waals surface area contributed by atoms with Gasteiger partial charge in [-0.15, -0.1) is 0 Å². The Kier molecular flexibility index (Phi) is 4.40. The fourth-order valence-corrected chi connectivity index (χ4v) is 4.05. The van der Waals surface area contributed by atoms with Gasteiger partial charge in [0.2, 0.25) is 0 Å². The molecule has 5 aromatic carbocycles. The van der Waals surface area contributed by atoms with E-state index in [1.54, 1.807) is 0 Å². The number of rotatable bonds is 3. The highest BCUT2D eigenvalue weighted by Gasteiger charge is 2.19. The second-order valence-electron chi connectivity index (χ2n) is 7.27. The summed E-state index contributed by atoms with van der Waals surface area (Å²) in [5.74, 6) is 0. The van der Waals surface area contributed by atoms with Gasteiger partial charge in [-0.3, -0.25) is 0 Å². The molecule has 2 nitrogen and oxygen atoms in total. The fourth-order valence-electron chi connectivity index (χ4n) is 4.05. The fraction of sp³-hybridized carbons (Fsp3) is 0. The minimum atomic E-state index is -1.55. The minimum absolute atomic E-state index is 0.551. The van der Waals surface area contributed by atoms with Crippen LogP contribution in [-0.4, -0.2) is 17.2 Å². The van der Waals surface area contributed by atoms with Gasteiger partial charge in [-0.1, -0.05) is 84.9 Å². The molecule has 29 heavy (non-hydrogen) atoms. The van der Waals surface area contributed by atoms with E-state index >= 15 is 0 Å². The molecule has 0 aliphatic rings. The van der Waals surface area contributed by atoms with Gasteiger partial charge in [-0.05, 0) is 67.5 Å². The molecule has 5 rings (SSSR count). The highest BCUT2D eigenvalue weighted by molar-refractivity contribution is 6.65. The SMILES string of the molecule is OB(O)c1c2ccc(-c3ccccc3)cc2cc2ccc(-c3ccccc3)cc12. The normalized spacial score (nSPS) is 11.1. The van der Waals surface area contributed by atoms with Crippen LogP contribution in [0.1, 0.15) is 0 Å². The zero-order valence-electron chi connectivity index (χ0n) is 15.8. The van der Waals surface area contributed by atoms with Crippen molar-refractivity contribution >= 4 is 34.1 Å². The Morgan fingerprint density at radius 1 is 0.448 bits per heavy atom. The van der Waals surface area contributed by atoms with Gasteiger partial charge >= 0.3 is 7.12 Å². The smallest absolute Gasteiger partial charge is 0.423 e. The molecule has 0 spiro atoms. The van der Waals surface area contributed by atoms with Crippen molar-refractivity contribution < 1.29 is 10.0 Å². The summed E-state index contributed by atoms with van der Waals surface area (Å²) in [4.78, 5) is 0. The molecule has 0 aliphatic carbocycles. The first-order chi connectivity index (χ1) is 14.2. The van der Waals surface area contributed by atoms with Gasteiger partial charge in [0, 0.05) is 0 Å². The highest BCUT2D eigenvalue weighted by Crippen LogP contribution is 2.29. The molecular weight excluding hydrogens is 355 g/mol. The lowest BCUT2D eigenvalue weighted by Gasteiger charge is -2.14. The Hall–Kier alpha value is -3.40. The summed E-state index contributed by atoms with van der Waals surface area (Å²) < 4.78 is 0. The van der Waals surface area contributed by atoms with E-state index in [0.29, 0.717) is 5.46 Å². The summed E-state index contributed by atoms with van der Waals surface area (Å²) in [6.07, 6.45) is 0. The van der Waals surface area contributed by atoms with E-state index < -0.39 is 7.12 Å². The number of hydrogen-bond acceptors (Lipinski definition) is 2. The molecule has 138 valence electrons. The lowest BCUT2D eigenvalue weighted by atomic mass is 9.73. The third kappa shape index (κ3) is 3.21. The quantitative estimate of drug-likeness (QED) is 0.344. The zero-order chi connectivity index (χ0) is 19.8. The predicted octanol–water partition coefficient (Wildman–Crippen LogP) is 5.01. The monoisotopic (exact) mass is 374 g/mol. The standard InChI is InChI=1S/C26H19BO2/c28-27(29)26-24-14-13-20(18-7-3-1-4-8-18)15-23(24)16-22-12-11-21(17-25(22)26)19-9-5-2-6-10-19/h1-17,28-29H. The van der Waals surface area contributed by atoms with Crippen molar-refractivity contribution in [2.24, 2.45) is 0 Å². The third-order valence-electron chi connectivity index (χ3n) is 5.47. The average molecular weight is 374 g/mol. The summed E-state index contributed by atoms with van der Waals surface area (Å²) in [6.45, 7) is 0. The topological polar surface area (TPSA) is 40.5 Å². The molecule has 0 bridgehead atoms. The van der Waals surface area contributed by atoms with Crippen LogP contribution in [0.3, 0.4) is 0 Å². The van der Waals surface area contributed by atoms with E-state index in [1.807, 2.05) is 54.6 Å². The van der Waals surface area contributed by atoms with Crippen molar-refractivity contribution in [1.29, 1.82) is 0 Å². The average Bonchev–Trinajstić information content (AvgIpc) is 2.77. The molecule has 0 radical (unpaired) electrons. The van der Waals surface area contributed by atoms with Crippen molar-refractivity contribution in [1.82, 2.24) is 0 Å². The second kappa shape index (κ2) is 7.21. The molecule has 0 atom stereocenters. The van der Waals surface area contributed by atoms with Crippen molar-refractivity contribution in [2.75, 3.05) is 0 Å². The Morgan fingerprint density at radius 3 is 1.66 bits per heavy atom. The van der Waals surface area contributed by atoms with E-state index in [1.165, 1.54) is 0 Å². The molecular formula is C26H19BO2. The van der Waals surface area contributed by atoms with Crippen LogP contribution in [0, 0.1) is 0 Å². The Labute approximate surface area is 169 Å². The van der Waals surface area contributed by atoms with Crippen LogP contribution >= 0.6 is 0 Å². The summed E-state index contributed by atoms with van der Waals surface area (Å²) in [7, 11) is -1.55. The zero-order valence-corrected chi connectivity index (χ0v) is 15.8. The second-order valence-corrected chi connectivity index (χ2v) is 7.27. The summed E-state index contributed by atoms with van der Waals surface area (Å²) in [6, 6.07) is 34.8. The van der Waals surface area contributed by atoms with Gasteiger partial charge in [0.25, 0.3) is 0 Å². The van der Waals surface area contributed by atoms with Crippen LogP contribution in [0.2, 0.25) is 0 Å². The Bertz CT molecular complexity index is 1310. The largest absolute Gasteiger partial charge is 0.489 e. The van der Waals surface area contributed by atoms with Crippen molar-refractivity contribution in [3.63, 3.8) is 0 Å². The molecule has 0 fully saturated rings. The van der Waals surface area contributed by atoms with Gasteiger partial charge in [-0.25, -0.2) is 0 Å². The number of hydrogen-bond donors (Lipinski definition) is 2. The molecule has 2 N–H and O–H groups in total. The van der Waals surface area contributed by atoms with Crippen LogP contribution in [0.25, 0.3) is 43.8 Å². The molecule has 0 aliphatic heterocycles. The van der Waals surface area contributed by atoms with E-state index in [-0.39, 0.29) is 0 Å². The first-order valence-electron chi connectivity index (χ1n) is 9.68. The highest BCUT2D eigenvalue weighted by atomic mass is 16.4. The molecule has 3 heteroatoms. The maximum Gasteiger partial charge on any atom is 0.489 e.